The van der Waals surface area contributed by atoms with Gasteiger partial charge < -0.3 is 35.7 Å². The van der Waals surface area contributed by atoms with Crippen molar-refractivity contribution in [3.8, 4) is 0 Å². The van der Waals surface area contributed by atoms with Crippen LogP contribution in [0.2, 0.25) is 0 Å². The summed E-state index contributed by atoms with van der Waals surface area (Å²) in [5, 5.41) is 0. The van der Waals surface area contributed by atoms with E-state index < -0.39 is 62.1 Å². The Kier molecular flexibility index (Phi) is 30.0. The average molecular weight is 1150 g/mol. The number of alkyl halides is 12. The van der Waals surface area contributed by atoms with Gasteiger partial charge in [-0.15, -0.1) is 0 Å². The summed E-state index contributed by atoms with van der Waals surface area (Å²) in [7, 11) is -19.1. The number of aryl methyl sites for hydroxylation is 6. The SMILES string of the molecule is CCn1ccnc1.CCn1ccnc1.Cn1ccnc1.Cn1ccnc1.Cn1ccnc1.Cn1ccnc1.O=S(=O)([N-]S(=O)(=O)C(F)(F)F)C(F)(F)F.O=S(=O)([N-]S(=O)(=O)C(F)(F)F)C(F)(F)F.[Zn+2]. The molecule has 0 amide bonds. The maximum absolute atomic E-state index is 11.4. The molecular weight excluding hydrogens is 1110 g/mol. The van der Waals surface area contributed by atoms with E-state index in [1.54, 1.807) is 75.1 Å². The fourth-order valence-corrected chi connectivity index (χ4v) is 6.10. The van der Waals surface area contributed by atoms with Crippen LogP contribution < -0.4 is 0 Å². The normalized spacial score (nSPS) is 11.6. The molecule has 388 valence electrons. The largest absolute Gasteiger partial charge is 2.00 e. The number of sulfonamides is 4. The molecule has 0 unspecified atom stereocenters. The molecule has 22 nitrogen and oxygen atoms in total. The van der Waals surface area contributed by atoms with Gasteiger partial charge in [0.1, 0.15) is 0 Å². The molecule has 6 rings (SSSR count). The zero-order valence-corrected chi connectivity index (χ0v) is 42.4. The van der Waals surface area contributed by atoms with Gasteiger partial charge in [-0.05, 0) is 13.8 Å². The number of nitrogens with zero attached hydrogens (tertiary/aromatic N) is 14. The predicted molar refractivity (Wildman–Crippen MR) is 215 cm³/mol. The molecule has 0 bridgehead atoms. The molecule has 0 aliphatic carbocycles. The van der Waals surface area contributed by atoms with Gasteiger partial charge in [-0.1, -0.05) is 0 Å². The fraction of sp³-hybridized carbons (Fsp3) is 0.400. The van der Waals surface area contributed by atoms with Crippen LogP contribution in [0.4, 0.5) is 52.7 Å². The number of aromatic nitrogens is 12. The zero-order chi connectivity index (χ0) is 53.3. The van der Waals surface area contributed by atoms with E-state index in [2.05, 4.69) is 43.8 Å². The van der Waals surface area contributed by atoms with Gasteiger partial charge in [0.25, 0.3) is 0 Å². The summed E-state index contributed by atoms with van der Waals surface area (Å²) in [6, 6.07) is 0. The molecule has 6 heterocycles. The van der Waals surface area contributed by atoms with Gasteiger partial charge in [-0.25, -0.2) is 63.6 Å². The Morgan fingerprint density at radius 3 is 0.609 bits per heavy atom. The Morgan fingerprint density at radius 2 is 0.536 bits per heavy atom. The number of imidazole rings is 6. The summed E-state index contributed by atoms with van der Waals surface area (Å²) >= 11 is 0. The summed E-state index contributed by atoms with van der Waals surface area (Å²) in [5.41, 5.74) is -24.8. The number of hydrogen-bond donors (Lipinski definition) is 0. The van der Waals surface area contributed by atoms with E-state index in [4.69, 9.17) is 0 Å². The van der Waals surface area contributed by atoms with E-state index in [0.29, 0.717) is 0 Å². The molecule has 0 atom stereocenters. The van der Waals surface area contributed by atoms with Crippen LogP contribution in [-0.2, 0) is 101 Å². The van der Waals surface area contributed by atoms with E-state index in [9.17, 15) is 86.4 Å². The van der Waals surface area contributed by atoms with Crippen molar-refractivity contribution in [2.75, 3.05) is 0 Å². The molecular formula is C30H40F12N14O8S4Zn. The second kappa shape index (κ2) is 30.4. The molecule has 0 aromatic carbocycles. The van der Waals surface area contributed by atoms with Gasteiger partial charge in [0.2, 0.25) is 0 Å². The van der Waals surface area contributed by atoms with Crippen molar-refractivity contribution in [2.45, 2.75) is 49.0 Å². The van der Waals surface area contributed by atoms with Gasteiger partial charge in [0.05, 0.1) is 38.0 Å². The molecule has 0 aliphatic heterocycles. The third-order valence-electron chi connectivity index (χ3n) is 5.96. The predicted octanol–water partition coefficient (Wildman–Crippen LogP) is 5.60. The molecule has 0 spiro atoms. The maximum atomic E-state index is 11.4. The van der Waals surface area contributed by atoms with E-state index in [-0.39, 0.29) is 19.5 Å². The van der Waals surface area contributed by atoms with Crippen molar-refractivity contribution in [2.24, 2.45) is 28.2 Å². The number of halogens is 12. The third-order valence-corrected chi connectivity index (χ3v) is 11.4. The molecule has 0 N–H and O–H groups in total. The van der Waals surface area contributed by atoms with Crippen LogP contribution in [0.3, 0.4) is 0 Å². The first kappa shape index (κ1) is 68.0. The van der Waals surface area contributed by atoms with Crippen molar-refractivity contribution in [1.82, 2.24) is 57.3 Å². The Labute approximate surface area is 399 Å². The fourth-order valence-electron chi connectivity index (χ4n) is 2.68. The Morgan fingerprint density at radius 1 is 0.362 bits per heavy atom. The molecule has 0 fully saturated rings. The van der Waals surface area contributed by atoms with Crippen LogP contribution in [0.1, 0.15) is 13.8 Å². The number of hydrogen-bond acceptors (Lipinski definition) is 14. The second-order valence-electron chi connectivity index (χ2n) is 11.5. The summed E-state index contributed by atoms with van der Waals surface area (Å²) in [6.07, 6.45) is 32.6. The van der Waals surface area contributed by atoms with Gasteiger partial charge in [-0.3, -0.25) is 0 Å². The topological polar surface area (TPSA) is 272 Å². The van der Waals surface area contributed by atoms with Crippen LogP contribution >= 0.6 is 0 Å². The summed E-state index contributed by atoms with van der Waals surface area (Å²) in [6.45, 7) is 6.20. The van der Waals surface area contributed by atoms with Crippen molar-refractivity contribution in [1.29, 1.82) is 0 Å². The average Bonchev–Trinajstić information content (AvgIpc) is 4.04. The molecule has 0 aliphatic rings. The molecule has 0 saturated heterocycles. The first-order chi connectivity index (χ1) is 30.9. The zero-order valence-electron chi connectivity index (χ0n) is 36.2. The molecule has 6 aromatic heterocycles. The van der Waals surface area contributed by atoms with Gasteiger partial charge in [0, 0.05) is 116 Å². The molecule has 0 radical (unpaired) electrons. The quantitative estimate of drug-likeness (QED) is 0.145. The van der Waals surface area contributed by atoms with Crippen LogP contribution in [-0.4, -0.2) is 113 Å². The van der Waals surface area contributed by atoms with Crippen LogP contribution in [0.15, 0.2) is 112 Å². The van der Waals surface area contributed by atoms with Crippen molar-refractivity contribution >= 4 is 40.1 Å². The molecule has 69 heavy (non-hydrogen) atoms. The van der Waals surface area contributed by atoms with Crippen LogP contribution in [0.5, 0.6) is 0 Å². The Bertz CT molecular complexity index is 2300. The van der Waals surface area contributed by atoms with Crippen molar-refractivity contribution in [3.05, 3.63) is 121 Å². The summed E-state index contributed by atoms with van der Waals surface area (Å²) in [5.74, 6) is 0. The van der Waals surface area contributed by atoms with E-state index >= 15 is 0 Å². The van der Waals surface area contributed by atoms with Gasteiger partial charge in [-0.2, -0.15) is 52.7 Å². The van der Waals surface area contributed by atoms with Crippen LogP contribution in [0.25, 0.3) is 8.25 Å². The Hall–Kier alpha value is -5.24. The monoisotopic (exact) mass is 1140 g/mol. The maximum Gasteiger partial charge on any atom is 2.00 e. The minimum atomic E-state index is -6.72. The van der Waals surface area contributed by atoms with E-state index in [0.717, 1.165) is 21.3 Å². The smallest absolute Gasteiger partial charge is 0.421 e. The molecule has 0 saturated carbocycles. The minimum absolute atomic E-state index is 0. The van der Waals surface area contributed by atoms with E-state index in [1.807, 2.05) is 92.8 Å². The van der Waals surface area contributed by atoms with Crippen LogP contribution in [0, 0.1) is 0 Å². The standard InChI is InChI=1S/2C5H8N2.4C4H6N2.2C2F6NO4S2.Zn/c2*1-2-7-4-3-6-5-7;4*1-6-3-2-5-4-6;2*3-1(4,5)14(10,11)9-15(12,13)2(6,7)8;/h2*3-5H,2H2,1H3;4*2-4H,1H3;;;/q;;;;;;2*-1;+2. The van der Waals surface area contributed by atoms with Crippen molar-refractivity contribution < 1.29 is 106 Å². The number of rotatable bonds is 6. The minimum Gasteiger partial charge on any atom is -0.421 e. The van der Waals surface area contributed by atoms with Gasteiger partial charge >= 0.3 is 41.5 Å². The molecule has 39 heteroatoms. The first-order valence-corrected chi connectivity index (χ1v) is 22.9. The second-order valence-corrected chi connectivity index (χ2v) is 18.4. The summed E-state index contributed by atoms with van der Waals surface area (Å²) < 4.78 is 230. The Balaban J connectivity index is -0.000000743. The van der Waals surface area contributed by atoms with Crippen molar-refractivity contribution in [3.63, 3.8) is 0 Å². The third kappa shape index (κ3) is 29.4. The first-order valence-electron chi connectivity index (χ1n) is 17.2. The summed E-state index contributed by atoms with van der Waals surface area (Å²) in [4.78, 5) is 22.9. The van der Waals surface area contributed by atoms with E-state index in [1.165, 1.54) is 0 Å². The molecule has 6 aromatic rings. The van der Waals surface area contributed by atoms with Gasteiger partial charge in [0.15, 0.2) is 40.1 Å².